The zero-order chi connectivity index (χ0) is 27.4. The lowest BCUT2D eigenvalue weighted by molar-refractivity contribution is -0.145. The third kappa shape index (κ3) is 5.82. The van der Waals surface area contributed by atoms with Crippen molar-refractivity contribution in [2.45, 2.75) is 23.8 Å². The van der Waals surface area contributed by atoms with E-state index in [4.69, 9.17) is 37.4 Å². The smallest absolute Gasteiger partial charge is 0.328 e. The van der Waals surface area contributed by atoms with Gasteiger partial charge in [0.05, 0.1) is 24.3 Å². The summed E-state index contributed by atoms with van der Waals surface area (Å²) in [5, 5.41) is 0.0506. The van der Waals surface area contributed by atoms with E-state index < -0.39 is 27.9 Å². The van der Waals surface area contributed by atoms with Crippen LogP contribution in [-0.2, 0) is 19.6 Å². The normalized spacial score (nSPS) is 15.2. The van der Waals surface area contributed by atoms with E-state index in [1.165, 1.54) is 49.5 Å². The molecule has 0 bridgehead atoms. The summed E-state index contributed by atoms with van der Waals surface area (Å²) in [6.45, 7) is 0.395. The van der Waals surface area contributed by atoms with Crippen LogP contribution in [0.15, 0.2) is 65.6 Å². The fourth-order valence-corrected chi connectivity index (χ4v) is 5.91. The van der Waals surface area contributed by atoms with Crippen molar-refractivity contribution >= 4 is 50.8 Å². The van der Waals surface area contributed by atoms with Gasteiger partial charge in [0, 0.05) is 23.9 Å². The van der Waals surface area contributed by atoms with E-state index in [0.717, 1.165) is 0 Å². The van der Waals surface area contributed by atoms with Crippen LogP contribution < -0.4 is 14.2 Å². The largest absolute Gasteiger partial charge is 0.495 e. The van der Waals surface area contributed by atoms with Crippen LogP contribution in [0, 0.1) is 0 Å². The van der Waals surface area contributed by atoms with Gasteiger partial charge in [-0.15, -0.1) is 0 Å². The number of carbonyl (C=O) groups excluding carboxylic acids is 2. The average Bonchev–Trinajstić information content (AvgIpc) is 3.40. The molecule has 1 aliphatic heterocycles. The first-order chi connectivity index (χ1) is 18.1. The van der Waals surface area contributed by atoms with Crippen LogP contribution in [-0.4, -0.2) is 52.0 Å². The molecule has 0 radical (unpaired) electrons. The summed E-state index contributed by atoms with van der Waals surface area (Å²) in [4.78, 5) is 26.4. The van der Waals surface area contributed by atoms with Gasteiger partial charge in [-0.25, -0.2) is 13.2 Å². The van der Waals surface area contributed by atoms with Gasteiger partial charge >= 0.3 is 5.97 Å². The van der Waals surface area contributed by atoms with E-state index in [2.05, 4.69) is 4.72 Å². The number of benzene rings is 3. The van der Waals surface area contributed by atoms with Gasteiger partial charge in [0.15, 0.2) is 5.75 Å². The van der Waals surface area contributed by atoms with Crippen LogP contribution in [0.4, 0.5) is 5.69 Å². The molecule has 1 N–H and O–H groups in total. The maximum Gasteiger partial charge on any atom is 0.328 e. The SMILES string of the molecule is COC(=O)[C@@H]1CCCN1C(=O)c1cc(Cl)c(Oc2ccc(OC)c(S(=O)(=O)Nc3ccccc3)c2)c(Cl)c1. The number of ether oxygens (including phenoxy) is 3. The highest BCUT2D eigenvalue weighted by molar-refractivity contribution is 7.92. The monoisotopic (exact) mass is 578 g/mol. The lowest BCUT2D eigenvalue weighted by Gasteiger charge is -2.23. The topological polar surface area (TPSA) is 111 Å². The number of esters is 1. The summed E-state index contributed by atoms with van der Waals surface area (Å²) in [6.07, 6.45) is 1.17. The Morgan fingerprint density at radius 1 is 1.00 bits per heavy atom. The lowest BCUT2D eigenvalue weighted by Crippen LogP contribution is -2.41. The number of methoxy groups -OCH3 is 2. The minimum absolute atomic E-state index is 0.0253. The number of amides is 1. The molecule has 4 rings (SSSR count). The van der Waals surface area contributed by atoms with Crippen molar-refractivity contribution in [1.29, 1.82) is 0 Å². The van der Waals surface area contributed by atoms with Crippen LogP contribution in [0.2, 0.25) is 10.0 Å². The number of likely N-dealkylation sites (tertiary alicyclic amines) is 1. The molecule has 0 spiro atoms. The van der Waals surface area contributed by atoms with E-state index in [1.807, 2.05) is 0 Å². The van der Waals surface area contributed by atoms with Crippen LogP contribution in [0.5, 0.6) is 17.2 Å². The number of para-hydroxylation sites is 1. The summed E-state index contributed by atoms with van der Waals surface area (Å²) in [5.41, 5.74) is 0.549. The average molecular weight is 579 g/mol. The van der Waals surface area contributed by atoms with Crippen molar-refractivity contribution in [2.75, 3.05) is 25.5 Å². The number of carbonyl (C=O) groups is 2. The zero-order valence-corrected chi connectivity index (χ0v) is 22.8. The molecule has 0 saturated carbocycles. The van der Waals surface area contributed by atoms with Crippen molar-refractivity contribution in [2.24, 2.45) is 0 Å². The minimum Gasteiger partial charge on any atom is -0.495 e. The third-order valence-electron chi connectivity index (χ3n) is 5.90. The first-order valence-corrected chi connectivity index (χ1v) is 13.7. The molecule has 38 heavy (non-hydrogen) atoms. The summed E-state index contributed by atoms with van der Waals surface area (Å²) < 4.78 is 44.6. The van der Waals surface area contributed by atoms with Crippen molar-refractivity contribution in [1.82, 2.24) is 4.90 Å². The zero-order valence-electron chi connectivity index (χ0n) is 20.4. The molecular formula is C26H24Cl2N2O7S. The fraction of sp³-hybridized carbons (Fsp3) is 0.231. The Kier molecular flexibility index (Phi) is 8.35. The lowest BCUT2D eigenvalue weighted by atomic mass is 10.1. The highest BCUT2D eigenvalue weighted by Gasteiger charge is 2.35. The minimum atomic E-state index is -4.04. The van der Waals surface area contributed by atoms with Gasteiger partial charge in [0.25, 0.3) is 15.9 Å². The molecule has 1 atom stereocenters. The highest BCUT2D eigenvalue weighted by Crippen LogP contribution is 2.40. The second-order valence-electron chi connectivity index (χ2n) is 8.34. The predicted octanol–water partition coefficient (Wildman–Crippen LogP) is 5.37. The van der Waals surface area contributed by atoms with Crippen molar-refractivity contribution in [3.05, 3.63) is 76.3 Å². The Labute approximate surface area is 230 Å². The Bertz CT molecular complexity index is 1440. The van der Waals surface area contributed by atoms with E-state index in [1.54, 1.807) is 30.3 Å². The van der Waals surface area contributed by atoms with Crippen molar-refractivity contribution in [3.63, 3.8) is 0 Å². The molecule has 200 valence electrons. The first-order valence-electron chi connectivity index (χ1n) is 11.5. The molecule has 3 aromatic rings. The summed E-state index contributed by atoms with van der Waals surface area (Å²) in [6, 6.07) is 14.7. The molecule has 1 fully saturated rings. The summed E-state index contributed by atoms with van der Waals surface area (Å²) in [5.74, 6) is -0.657. The Morgan fingerprint density at radius 3 is 2.32 bits per heavy atom. The second kappa shape index (κ2) is 11.5. The molecule has 9 nitrogen and oxygen atoms in total. The maximum absolute atomic E-state index is 13.1. The molecule has 1 heterocycles. The quantitative estimate of drug-likeness (QED) is 0.357. The van der Waals surface area contributed by atoms with E-state index in [0.29, 0.717) is 25.1 Å². The number of hydrogen-bond donors (Lipinski definition) is 1. The number of nitrogens with zero attached hydrogens (tertiary/aromatic N) is 1. The van der Waals surface area contributed by atoms with Gasteiger partial charge in [-0.1, -0.05) is 41.4 Å². The Hall–Kier alpha value is -3.47. The number of anilines is 1. The van der Waals surface area contributed by atoms with Gasteiger partial charge < -0.3 is 19.1 Å². The van der Waals surface area contributed by atoms with Gasteiger partial charge in [0.1, 0.15) is 22.4 Å². The molecule has 1 amide bonds. The number of hydrogen-bond acceptors (Lipinski definition) is 7. The Morgan fingerprint density at radius 2 is 1.68 bits per heavy atom. The molecule has 0 aromatic heterocycles. The van der Waals surface area contributed by atoms with Gasteiger partial charge in [-0.2, -0.15) is 0 Å². The fourth-order valence-electron chi connectivity index (χ4n) is 4.10. The van der Waals surface area contributed by atoms with Crippen LogP contribution in [0.3, 0.4) is 0 Å². The predicted molar refractivity (Wildman–Crippen MR) is 143 cm³/mol. The van der Waals surface area contributed by atoms with Crippen LogP contribution in [0.1, 0.15) is 23.2 Å². The van der Waals surface area contributed by atoms with Crippen LogP contribution >= 0.6 is 23.2 Å². The van der Waals surface area contributed by atoms with E-state index in [9.17, 15) is 18.0 Å². The van der Waals surface area contributed by atoms with E-state index in [-0.39, 0.29) is 37.8 Å². The van der Waals surface area contributed by atoms with Crippen LogP contribution in [0.25, 0.3) is 0 Å². The molecule has 0 aliphatic carbocycles. The molecule has 3 aromatic carbocycles. The summed E-state index contributed by atoms with van der Waals surface area (Å²) >= 11 is 12.9. The number of nitrogens with one attached hydrogen (secondary N) is 1. The van der Waals surface area contributed by atoms with Gasteiger partial charge in [-0.3, -0.25) is 9.52 Å². The standard InChI is InChI=1S/C26H24Cl2N2O7S/c1-35-22-11-10-18(15-23(22)38(33,34)29-17-7-4-3-5-8-17)37-24-19(27)13-16(14-20(24)28)25(31)30-12-6-9-21(30)26(32)36-2/h3-5,7-8,10-11,13-15,21,29H,6,9,12H2,1-2H3/t21-/m0/s1. The Balaban J connectivity index is 1.61. The third-order valence-corrected chi connectivity index (χ3v) is 7.87. The van der Waals surface area contributed by atoms with Crippen molar-refractivity contribution < 1.29 is 32.2 Å². The maximum atomic E-state index is 13.1. The molecule has 12 heteroatoms. The summed E-state index contributed by atoms with van der Waals surface area (Å²) in [7, 11) is -1.41. The second-order valence-corrected chi connectivity index (χ2v) is 10.8. The number of rotatable bonds is 8. The molecular weight excluding hydrogens is 555 g/mol. The molecule has 1 saturated heterocycles. The van der Waals surface area contributed by atoms with Gasteiger partial charge in [0.2, 0.25) is 0 Å². The molecule has 1 aliphatic rings. The number of halogens is 2. The first kappa shape index (κ1) is 27.6. The van der Waals surface area contributed by atoms with Gasteiger partial charge in [-0.05, 0) is 49.2 Å². The number of sulfonamides is 1. The molecule has 0 unspecified atom stereocenters. The highest BCUT2D eigenvalue weighted by atomic mass is 35.5. The van der Waals surface area contributed by atoms with E-state index >= 15 is 0 Å². The van der Waals surface area contributed by atoms with Crippen molar-refractivity contribution in [3.8, 4) is 17.2 Å².